The lowest BCUT2D eigenvalue weighted by molar-refractivity contribution is -0.152. The summed E-state index contributed by atoms with van der Waals surface area (Å²) in [6.07, 6.45) is 11.7. The molecule has 0 aliphatic carbocycles. The molecule has 0 aromatic heterocycles. The monoisotopic (exact) mass is 788 g/mol. The Bertz CT molecular complexity index is 1680. The first-order valence-electron chi connectivity index (χ1n) is 19.9. The van der Waals surface area contributed by atoms with Crippen LogP contribution in [0, 0.1) is 5.92 Å². The molecule has 8 nitrogen and oxygen atoms in total. The zero-order valence-electron chi connectivity index (χ0n) is 36.0. The number of benzene rings is 2. The zero-order chi connectivity index (χ0) is 41.5. The molecule has 0 spiro atoms. The summed E-state index contributed by atoms with van der Waals surface area (Å²) in [5.41, 5.74) is 5.30. The van der Waals surface area contributed by atoms with Gasteiger partial charge >= 0.3 is 5.97 Å². The van der Waals surface area contributed by atoms with E-state index in [0.717, 1.165) is 45.8 Å². The van der Waals surface area contributed by atoms with E-state index in [1.807, 2.05) is 99.7 Å². The Morgan fingerprint density at radius 1 is 0.875 bits per heavy atom. The van der Waals surface area contributed by atoms with Gasteiger partial charge in [-0.25, -0.2) is 4.79 Å². The molecule has 0 saturated heterocycles. The molecule has 56 heavy (non-hydrogen) atoms. The Kier molecular flexibility index (Phi) is 18.6. The van der Waals surface area contributed by atoms with Crippen molar-refractivity contribution in [3.8, 4) is 11.5 Å². The first kappa shape index (κ1) is 46.6. The van der Waals surface area contributed by atoms with E-state index in [9.17, 15) is 9.90 Å². The van der Waals surface area contributed by atoms with Gasteiger partial charge in [0.1, 0.15) is 17.6 Å². The number of carbonyl (C=O) groups excluding carboxylic acids is 1. The molecule has 0 unspecified atom stereocenters. The summed E-state index contributed by atoms with van der Waals surface area (Å²) in [7, 11) is 1.09. The van der Waals surface area contributed by atoms with E-state index in [1.54, 1.807) is 14.2 Å². The van der Waals surface area contributed by atoms with E-state index >= 15 is 0 Å². The summed E-state index contributed by atoms with van der Waals surface area (Å²) in [5, 5.41) is 11.5. The van der Waals surface area contributed by atoms with Gasteiger partial charge in [0.2, 0.25) is 0 Å². The molecule has 3 rings (SSSR count). The number of ether oxygens (including phenoxy) is 5. The average molecular weight is 789 g/mol. The lowest BCUT2D eigenvalue weighted by atomic mass is 9.90. The van der Waals surface area contributed by atoms with Crippen LogP contribution in [0.25, 0.3) is 0 Å². The topological polar surface area (TPSA) is 92.7 Å². The maximum atomic E-state index is 14.1. The fourth-order valence-electron chi connectivity index (χ4n) is 5.97. The Labute approximate surface area is 338 Å². The lowest BCUT2D eigenvalue weighted by Gasteiger charge is -2.36. The Morgan fingerprint density at radius 3 is 2.02 bits per heavy atom. The van der Waals surface area contributed by atoms with Crippen LogP contribution >= 0.6 is 0 Å². The van der Waals surface area contributed by atoms with E-state index in [0.29, 0.717) is 31.6 Å². The van der Waals surface area contributed by atoms with Gasteiger partial charge in [-0.05, 0) is 111 Å². The number of allylic oxidation sites excluding steroid dienone is 4. The summed E-state index contributed by atoms with van der Waals surface area (Å²) in [4.78, 5) is 14.1. The molecule has 0 saturated carbocycles. The van der Waals surface area contributed by atoms with Gasteiger partial charge in [-0.3, -0.25) is 0 Å². The summed E-state index contributed by atoms with van der Waals surface area (Å²) in [5.74, 6) is 1.02. The van der Waals surface area contributed by atoms with E-state index in [4.69, 9.17) is 28.1 Å². The van der Waals surface area contributed by atoms with Crippen molar-refractivity contribution in [2.24, 2.45) is 5.92 Å². The first-order chi connectivity index (χ1) is 26.5. The van der Waals surface area contributed by atoms with Crippen LogP contribution in [0.5, 0.6) is 11.5 Å². The Morgan fingerprint density at radius 2 is 1.46 bits per heavy atom. The summed E-state index contributed by atoms with van der Waals surface area (Å²) >= 11 is 0. The molecule has 0 bridgehead atoms. The fourth-order valence-corrected chi connectivity index (χ4v) is 6.92. The summed E-state index contributed by atoms with van der Waals surface area (Å²) < 4.78 is 36.4. The second-order valence-corrected chi connectivity index (χ2v) is 21.2. The minimum Gasteiger partial charge on any atom is -0.497 e. The fraction of sp³-hybridized carbons (Fsp3) is 0.511. The standard InChI is InChI=1S/C47H68O8Si/c1-13-39-29-34(3)43(53-31-38-21-25-42(51-10)26-22-38)17-15-14-16-40(32-54-56(11,12)47(6,7)8)46(49)55-44(27-18-33(2)28-35(4)45(39)48)36(5)52-30-37-19-23-41(50-9)24-20-37/h14-16,18-26,28-29,36,39,43-45,48H,13,17,27,30-32H2,1-12H3/b15-14+,33-18+,34-29+,35-28+,40-16+/t36-,39+,43+,44+,45+/m1/s1. The minimum atomic E-state index is -2.20. The van der Waals surface area contributed by atoms with E-state index in [-0.39, 0.29) is 23.7 Å². The van der Waals surface area contributed by atoms with Crippen molar-refractivity contribution in [2.75, 3.05) is 20.8 Å². The van der Waals surface area contributed by atoms with E-state index in [2.05, 4.69) is 53.8 Å². The summed E-state index contributed by atoms with van der Waals surface area (Å²) in [6, 6.07) is 15.6. The first-order valence-corrected chi connectivity index (χ1v) is 22.8. The van der Waals surface area contributed by atoms with Crippen molar-refractivity contribution in [2.45, 2.75) is 130 Å². The highest BCUT2D eigenvalue weighted by Crippen LogP contribution is 2.37. The highest BCUT2D eigenvalue weighted by molar-refractivity contribution is 6.74. The number of aliphatic hydroxyl groups is 1. The van der Waals surface area contributed by atoms with Crippen molar-refractivity contribution in [1.29, 1.82) is 0 Å². The number of cyclic esters (lactones) is 1. The molecule has 2 aromatic carbocycles. The van der Waals surface area contributed by atoms with Crippen LogP contribution in [-0.4, -0.2) is 64.6 Å². The Balaban J connectivity index is 2.02. The second kappa shape index (κ2) is 22.3. The summed E-state index contributed by atoms with van der Waals surface area (Å²) in [6.45, 7) is 21.9. The largest absolute Gasteiger partial charge is 0.497 e. The van der Waals surface area contributed by atoms with Gasteiger partial charge in [-0.2, -0.15) is 0 Å². The lowest BCUT2D eigenvalue weighted by Crippen LogP contribution is -2.41. The van der Waals surface area contributed by atoms with Crippen LogP contribution < -0.4 is 9.47 Å². The third-order valence-corrected chi connectivity index (χ3v) is 15.4. The number of carbonyl (C=O) groups is 1. The number of aliphatic hydroxyl groups excluding tert-OH is 1. The number of esters is 1. The molecule has 0 amide bonds. The number of rotatable bonds is 13. The van der Waals surface area contributed by atoms with Gasteiger partial charge in [0.05, 0.1) is 57.9 Å². The van der Waals surface area contributed by atoms with Crippen LogP contribution in [0.15, 0.2) is 107 Å². The highest BCUT2D eigenvalue weighted by Gasteiger charge is 2.38. The Hall–Kier alpha value is -3.73. The molecule has 1 N–H and O–H groups in total. The molecule has 1 aliphatic heterocycles. The van der Waals surface area contributed by atoms with Gasteiger partial charge in [-0.15, -0.1) is 0 Å². The molecule has 9 heteroatoms. The van der Waals surface area contributed by atoms with Crippen molar-refractivity contribution in [3.63, 3.8) is 0 Å². The zero-order valence-corrected chi connectivity index (χ0v) is 37.0. The van der Waals surface area contributed by atoms with Gasteiger partial charge < -0.3 is 33.2 Å². The molecule has 5 atom stereocenters. The highest BCUT2D eigenvalue weighted by atomic mass is 28.4. The van der Waals surface area contributed by atoms with Crippen molar-refractivity contribution >= 4 is 14.3 Å². The molecular formula is C47H68O8Si. The van der Waals surface area contributed by atoms with Crippen LogP contribution in [0.1, 0.15) is 85.8 Å². The quantitative estimate of drug-likeness (QED) is 0.122. The minimum absolute atomic E-state index is 0.0363. The van der Waals surface area contributed by atoms with Crippen molar-refractivity contribution in [1.82, 2.24) is 0 Å². The molecular weight excluding hydrogens is 721 g/mol. The van der Waals surface area contributed by atoms with Crippen LogP contribution in [0.4, 0.5) is 0 Å². The van der Waals surface area contributed by atoms with Crippen LogP contribution in [-0.2, 0) is 36.6 Å². The van der Waals surface area contributed by atoms with E-state index in [1.165, 1.54) is 0 Å². The van der Waals surface area contributed by atoms with Crippen LogP contribution in [0.3, 0.4) is 0 Å². The molecule has 0 fully saturated rings. The smallest absolute Gasteiger partial charge is 0.336 e. The molecule has 2 aromatic rings. The van der Waals surface area contributed by atoms with Crippen LogP contribution in [0.2, 0.25) is 18.1 Å². The third-order valence-electron chi connectivity index (χ3n) is 11.0. The number of hydrogen-bond acceptors (Lipinski definition) is 8. The van der Waals surface area contributed by atoms with Gasteiger partial charge in [0, 0.05) is 12.3 Å². The second-order valence-electron chi connectivity index (χ2n) is 16.4. The third kappa shape index (κ3) is 14.6. The number of hydrogen-bond donors (Lipinski definition) is 1. The maximum Gasteiger partial charge on any atom is 0.336 e. The van der Waals surface area contributed by atoms with Crippen molar-refractivity contribution in [3.05, 3.63) is 118 Å². The molecule has 1 heterocycles. The van der Waals surface area contributed by atoms with Gasteiger partial charge in [0.25, 0.3) is 0 Å². The van der Waals surface area contributed by atoms with E-state index < -0.39 is 32.6 Å². The normalized spacial score (nSPS) is 25.7. The maximum absolute atomic E-state index is 14.1. The average Bonchev–Trinajstić information content (AvgIpc) is 3.17. The SMILES string of the molecule is CC[C@H]1/C=C(\C)[C@@H](OCc2ccc(OC)cc2)C/C=C/C=C(\CO[Si](C)(C)C(C)(C)C)C(=O)O[C@H]([C@@H](C)OCc2ccc(OC)cc2)C/C=C(C)/C=C(\C)[C@@H]1O. The van der Waals surface area contributed by atoms with Gasteiger partial charge in [-0.1, -0.05) is 87.9 Å². The molecule has 1 aliphatic rings. The predicted octanol–water partition coefficient (Wildman–Crippen LogP) is 10.6. The predicted molar refractivity (Wildman–Crippen MR) is 229 cm³/mol. The number of methoxy groups -OCH3 is 2. The molecule has 308 valence electrons. The molecule has 0 radical (unpaired) electrons. The van der Waals surface area contributed by atoms with Gasteiger partial charge in [0.15, 0.2) is 8.32 Å². The van der Waals surface area contributed by atoms with Crippen molar-refractivity contribution < 1.29 is 38.0 Å².